The van der Waals surface area contributed by atoms with E-state index in [1.807, 2.05) is 30.3 Å². The van der Waals surface area contributed by atoms with Gasteiger partial charge in [-0.1, -0.05) is 24.3 Å². The molecule has 1 heterocycles. The highest BCUT2D eigenvalue weighted by molar-refractivity contribution is 5.80. The molecule has 2 N–H and O–H groups in total. The van der Waals surface area contributed by atoms with Crippen LogP contribution in [-0.4, -0.2) is 23.4 Å². The maximum Gasteiger partial charge on any atom is 0.234 e. The molecule has 0 aliphatic carbocycles. The van der Waals surface area contributed by atoms with Gasteiger partial charge in [0.05, 0.1) is 6.04 Å². The van der Waals surface area contributed by atoms with Crippen LogP contribution >= 0.6 is 0 Å². The fourth-order valence-corrected chi connectivity index (χ4v) is 2.67. The van der Waals surface area contributed by atoms with E-state index in [0.29, 0.717) is 13.2 Å². The minimum absolute atomic E-state index is 0.140. The summed E-state index contributed by atoms with van der Waals surface area (Å²) in [7, 11) is 0. The normalized spacial score (nSPS) is 17.5. The first kappa shape index (κ1) is 15.5. The minimum atomic E-state index is -0.264. The number of rotatable bonds is 6. The van der Waals surface area contributed by atoms with Crippen LogP contribution in [0.3, 0.4) is 0 Å². The van der Waals surface area contributed by atoms with Gasteiger partial charge in [0.1, 0.15) is 18.2 Å². The van der Waals surface area contributed by atoms with Crippen molar-refractivity contribution >= 4 is 5.91 Å². The van der Waals surface area contributed by atoms with E-state index in [0.717, 1.165) is 29.8 Å². The number of ether oxygens (including phenoxy) is 1. The second-order valence-electron chi connectivity index (χ2n) is 5.74. The van der Waals surface area contributed by atoms with Gasteiger partial charge in [0, 0.05) is 13.1 Å². The minimum Gasteiger partial charge on any atom is -0.489 e. The Bertz CT molecular complexity index is 688. The molecule has 0 aromatic heterocycles. The van der Waals surface area contributed by atoms with E-state index in [1.165, 1.54) is 12.1 Å². The largest absolute Gasteiger partial charge is 0.489 e. The Morgan fingerprint density at radius 1 is 1.22 bits per heavy atom. The average molecular weight is 314 g/mol. The van der Waals surface area contributed by atoms with Crippen LogP contribution in [0.5, 0.6) is 5.75 Å². The molecular weight excluding hydrogens is 295 g/mol. The molecule has 0 unspecified atom stereocenters. The van der Waals surface area contributed by atoms with Crippen molar-refractivity contribution in [1.82, 2.24) is 4.90 Å². The third-order valence-corrected chi connectivity index (χ3v) is 4.06. The van der Waals surface area contributed by atoms with Crippen LogP contribution in [0.2, 0.25) is 0 Å². The van der Waals surface area contributed by atoms with Crippen molar-refractivity contribution in [2.45, 2.75) is 25.6 Å². The number of nitrogens with two attached hydrogens (primary N) is 1. The first-order valence-corrected chi connectivity index (χ1v) is 7.61. The van der Waals surface area contributed by atoms with E-state index in [4.69, 9.17) is 10.5 Å². The zero-order valence-electron chi connectivity index (χ0n) is 12.7. The zero-order valence-corrected chi connectivity index (χ0v) is 12.7. The molecule has 0 saturated carbocycles. The molecule has 1 fully saturated rings. The fraction of sp³-hybridized carbons (Fsp3) is 0.278. The average Bonchev–Trinajstić information content (AvgIpc) is 2.50. The lowest BCUT2D eigenvalue weighted by Gasteiger charge is -2.38. The summed E-state index contributed by atoms with van der Waals surface area (Å²) >= 11 is 0. The Balaban J connectivity index is 1.54. The van der Waals surface area contributed by atoms with Crippen molar-refractivity contribution in [1.29, 1.82) is 0 Å². The first-order valence-electron chi connectivity index (χ1n) is 7.61. The molecule has 2 aromatic rings. The molecule has 1 amide bonds. The molecule has 1 aliphatic rings. The zero-order chi connectivity index (χ0) is 16.2. The van der Waals surface area contributed by atoms with Crippen molar-refractivity contribution in [2.75, 3.05) is 6.54 Å². The van der Waals surface area contributed by atoms with Gasteiger partial charge in [0.2, 0.25) is 5.91 Å². The molecule has 1 saturated heterocycles. The maximum absolute atomic E-state index is 13.1. The van der Waals surface area contributed by atoms with Gasteiger partial charge in [-0.15, -0.1) is 0 Å². The van der Waals surface area contributed by atoms with Crippen LogP contribution in [0.25, 0.3) is 0 Å². The maximum atomic E-state index is 13.1. The van der Waals surface area contributed by atoms with E-state index in [2.05, 4.69) is 4.90 Å². The number of nitrogens with zero attached hydrogens (tertiary/aromatic N) is 1. The Morgan fingerprint density at radius 3 is 2.61 bits per heavy atom. The van der Waals surface area contributed by atoms with E-state index >= 15 is 0 Å². The van der Waals surface area contributed by atoms with Crippen LogP contribution in [0.1, 0.15) is 17.5 Å². The highest BCUT2D eigenvalue weighted by Crippen LogP contribution is 2.22. The van der Waals surface area contributed by atoms with Gasteiger partial charge in [-0.25, -0.2) is 4.39 Å². The highest BCUT2D eigenvalue weighted by atomic mass is 19.1. The lowest BCUT2D eigenvalue weighted by atomic mass is 10.0. The summed E-state index contributed by atoms with van der Waals surface area (Å²) in [6, 6.07) is 13.9. The van der Waals surface area contributed by atoms with Crippen molar-refractivity contribution in [3.05, 3.63) is 65.5 Å². The number of hydrogen-bond donors (Lipinski definition) is 1. The third kappa shape index (κ3) is 3.87. The molecule has 3 rings (SSSR count). The number of likely N-dealkylation sites (tertiary alicyclic amines) is 1. The number of hydrogen-bond acceptors (Lipinski definition) is 3. The van der Waals surface area contributed by atoms with Crippen molar-refractivity contribution < 1.29 is 13.9 Å². The summed E-state index contributed by atoms with van der Waals surface area (Å²) in [5.41, 5.74) is 7.24. The van der Waals surface area contributed by atoms with Gasteiger partial charge in [0.25, 0.3) is 0 Å². The van der Waals surface area contributed by atoms with Crippen LogP contribution < -0.4 is 10.5 Å². The second kappa shape index (κ2) is 6.79. The Kier molecular flexibility index (Phi) is 4.57. The SMILES string of the molecule is NC(=O)[C@H]1CCN1Cc1ccc(OCc2cccc(F)c2)cc1. The van der Waals surface area contributed by atoms with E-state index < -0.39 is 0 Å². The van der Waals surface area contributed by atoms with Crippen LogP contribution in [-0.2, 0) is 17.9 Å². The summed E-state index contributed by atoms with van der Waals surface area (Å²) in [5.74, 6) is 0.208. The quantitative estimate of drug-likeness (QED) is 0.891. The van der Waals surface area contributed by atoms with Gasteiger partial charge in [0.15, 0.2) is 0 Å². The Labute approximate surface area is 134 Å². The number of primary amides is 1. The monoisotopic (exact) mass is 314 g/mol. The molecule has 0 bridgehead atoms. The van der Waals surface area contributed by atoms with Gasteiger partial charge in [-0.2, -0.15) is 0 Å². The second-order valence-corrected chi connectivity index (χ2v) is 5.74. The molecule has 23 heavy (non-hydrogen) atoms. The molecule has 2 aromatic carbocycles. The number of halogens is 1. The molecule has 5 heteroatoms. The molecule has 120 valence electrons. The van der Waals surface area contributed by atoms with Crippen LogP contribution in [0, 0.1) is 5.82 Å². The van der Waals surface area contributed by atoms with Gasteiger partial charge < -0.3 is 10.5 Å². The molecule has 0 spiro atoms. The van der Waals surface area contributed by atoms with Crippen molar-refractivity contribution in [3.8, 4) is 5.75 Å². The Morgan fingerprint density at radius 2 is 2.00 bits per heavy atom. The van der Waals surface area contributed by atoms with E-state index in [9.17, 15) is 9.18 Å². The van der Waals surface area contributed by atoms with Gasteiger partial charge in [-0.05, 0) is 41.8 Å². The molecule has 4 nitrogen and oxygen atoms in total. The topological polar surface area (TPSA) is 55.6 Å². The molecule has 0 radical (unpaired) electrons. The summed E-state index contributed by atoms with van der Waals surface area (Å²) in [4.78, 5) is 13.3. The predicted molar refractivity (Wildman–Crippen MR) is 85.2 cm³/mol. The summed E-state index contributed by atoms with van der Waals surface area (Å²) in [6.45, 7) is 1.93. The summed E-state index contributed by atoms with van der Waals surface area (Å²) < 4.78 is 18.8. The number of carbonyl (C=O) groups excluding carboxylic acids is 1. The van der Waals surface area contributed by atoms with Crippen LogP contribution in [0.4, 0.5) is 4.39 Å². The molecular formula is C18H19FN2O2. The lowest BCUT2D eigenvalue weighted by molar-refractivity contribution is -0.127. The van der Waals surface area contributed by atoms with E-state index in [-0.39, 0.29) is 17.8 Å². The smallest absolute Gasteiger partial charge is 0.234 e. The van der Waals surface area contributed by atoms with E-state index in [1.54, 1.807) is 6.07 Å². The first-order chi connectivity index (χ1) is 11.1. The third-order valence-electron chi connectivity index (χ3n) is 4.06. The summed E-state index contributed by atoms with van der Waals surface area (Å²) in [6.07, 6.45) is 0.837. The van der Waals surface area contributed by atoms with Gasteiger partial charge in [-0.3, -0.25) is 9.69 Å². The predicted octanol–water partition coefficient (Wildman–Crippen LogP) is 2.46. The standard InChI is InChI=1S/C18H19FN2O2/c19-15-3-1-2-14(10-15)12-23-16-6-4-13(5-7-16)11-21-9-8-17(21)18(20)22/h1-7,10,17H,8-9,11-12H2,(H2,20,22)/t17-/m1/s1. The summed E-state index contributed by atoms with van der Waals surface area (Å²) in [5, 5.41) is 0. The number of benzene rings is 2. The van der Waals surface area contributed by atoms with Crippen molar-refractivity contribution in [3.63, 3.8) is 0 Å². The number of carbonyl (C=O) groups is 1. The highest BCUT2D eigenvalue weighted by Gasteiger charge is 2.32. The fourth-order valence-electron chi connectivity index (χ4n) is 2.67. The Hall–Kier alpha value is -2.40. The van der Waals surface area contributed by atoms with Crippen LogP contribution in [0.15, 0.2) is 48.5 Å². The lowest BCUT2D eigenvalue weighted by Crippen LogP contribution is -2.54. The molecule has 1 atom stereocenters. The van der Waals surface area contributed by atoms with Gasteiger partial charge >= 0.3 is 0 Å². The molecule has 1 aliphatic heterocycles. The number of amides is 1. The van der Waals surface area contributed by atoms with Crippen molar-refractivity contribution in [2.24, 2.45) is 5.73 Å².